The van der Waals surface area contributed by atoms with Crippen LogP contribution in [0.5, 0.6) is 0 Å². The first kappa shape index (κ1) is 23.6. The van der Waals surface area contributed by atoms with Gasteiger partial charge in [0.05, 0.1) is 0 Å². The zero-order chi connectivity index (χ0) is 22.8. The highest BCUT2D eigenvalue weighted by Gasteiger charge is 2.29. The maximum atomic E-state index is 12.4. The van der Waals surface area contributed by atoms with Crippen molar-refractivity contribution in [2.24, 2.45) is 0 Å². The Kier molecular flexibility index (Phi) is 8.90. The molecule has 2 aromatic carbocycles. The fourth-order valence-corrected chi connectivity index (χ4v) is 4.23. The second kappa shape index (κ2) is 12.1. The van der Waals surface area contributed by atoms with E-state index in [0.29, 0.717) is 12.8 Å². The second-order valence-corrected chi connectivity index (χ2v) is 8.26. The molecule has 1 amide bonds. The van der Waals surface area contributed by atoms with E-state index in [2.05, 4.69) is 42.6 Å². The number of rotatable bonds is 12. The van der Waals surface area contributed by atoms with Crippen LogP contribution < -0.4 is 5.32 Å². The SMILES string of the molecule is CCCCCC/C=C/CCC(NC(=O)OCC1c2ccccc2-c2ccccc21)C(=O)O. The number of carboxylic acid groups (broad SMARTS) is 1. The summed E-state index contributed by atoms with van der Waals surface area (Å²) in [6, 6.07) is 15.3. The van der Waals surface area contributed by atoms with E-state index in [9.17, 15) is 14.7 Å². The maximum absolute atomic E-state index is 12.4. The number of carboxylic acids is 1. The summed E-state index contributed by atoms with van der Waals surface area (Å²) in [4.78, 5) is 23.9. The van der Waals surface area contributed by atoms with Gasteiger partial charge in [0, 0.05) is 5.92 Å². The molecule has 5 heteroatoms. The van der Waals surface area contributed by atoms with Gasteiger partial charge in [0.2, 0.25) is 0 Å². The van der Waals surface area contributed by atoms with E-state index in [1.807, 2.05) is 30.3 Å². The molecule has 0 fully saturated rings. The van der Waals surface area contributed by atoms with Crippen molar-refractivity contribution in [2.45, 2.75) is 63.8 Å². The number of amides is 1. The van der Waals surface area contributed by atoms with Crippen molar-refractivity contribution in [3.05, 3.63) is 71.8 Å². The summed E-state index contributed by atoms with van der Waals surface area (Å²) in [6.45, 7) is 2.36. The van der Waals surface area contributed by atoms with Gasteiger partial charge in [0.15, 0.2) is 0 Å². The highest BCUT2D eigenvalue weighted by Crippen LogP contribution is 2.44. The lowest BCUT2D eigenvalue weighted by Crippen LogP contribution is -2.41. The summed E-state index contributed by atoms with van der Waals surface area (Å²) in [6.07, 6.45) is 10.2. The van der Waals surface area contributed by atoms with E-state index >= 15 is 0 Å². The number of allylic oxidation sites excluding steroid dienone is 2. The number of hydrogen-bond acceptors (Lipinski definition) is 3. The summed E-state index contributed by atoms with van der Waals surface area (Å²) in [7, 11) is 0. The Bertz CT molecular complexity index is 891. The standard InChI is InChI=1S/C27H33NO4/c1-2-3-4-5-6-7-8-9-18-25(26(29)30)28-27(31)32-19-24-22-16-12-10-14-20(22)21-15-11-13-17-23(21)24/h7-8,10-17,24-25H,2-6,9,18-19H2,1H3,(H,28,31)(H,29,30)/b8-7+. The van der Waals surface area contributed by atoms with Crippen LogP contribution in [0, 0.1) is 0 Å². The molecule has 0 aromatic heterocycles. The Labute approximate surface area is 190 Å². The number of carbonyl (C=O) groups excluding carboxylic acids is 1. The Morgan fingerprint density at radius 2 is 1.59 bits per heavy atom. The third-order valence-electron chi connectivity index (χ3n) is 5.95. The minimum Gasteiger partial charge on any atom is -0.480 e. The average molecular weight is 436 g/mol. The molecule has 5 nitrogen and oxygen atoms in total. The summed E-state index contributed by atoms with van der Waals surface area (Å²) >= 11 is 0. The molecule has 1 atom stereocenters. The molecule has 2 N–H and O–H groups in total. The zero-order valence-electron chi connectivity index (χ0n) is 18.8. The Morgan fingerprint density at radius 1 is 0.969 bits per heavy atom. The minimum atomic E-state index is -1.05. The van der Waals surface area contributed by atoms with E-state index < -0.39 is 18.1 Å². The van der Waals surface area contributed by atoms with Gasteiger partial charge in [-0.05, 0) is 47.9 Å². The van der Waals surface area contributed by atoms with E-state index in [4.69, 9.17) is 4.74 Å². The number of hydrogen-bond donors (Lipinski definition) is 2. The summed E-state index contributed by atoms with van der Waals surface area (Å²) in [5.74, 6) is -1.10. The lowest BCUT2D eigenvalue weighted by Gasteiger charge is -2.17. The van der Waals surface area contributed by atoms with Crippen LogP contribution in [0.4, 0.5) is 4.79 Å². The summed E-state index contributed by atoms with van der Waals surface area (Å²) in [5.41, 5.74) is 4.56. The molecule has 0 spiro atoms. The molecule has 0 aliphatic heterocycles. The normalized spacial score (nSPS) is 13.5. The van der Waals surface area contributed by atoms with E-state index in [0.717, 1.165) is 35.1 Å². The van der Waals surface area contributed by atoms with Crippen LogP contribution >= 0.6 is 0 Å². The summed E-state index contributed by atoms with van der Waals surface area (Å²) < 4.78 is 5.47. The molecule has 0 heterocycles. The van der Waals surface area contributed by atoms with Crippen molar-refractivity contribution in [1.82, 2.24) is 5.32 Å². The quantitative estimate of drug-likeness (QED) is 0.304. The van der Waals surface area contributed by atoms with Gasteiger partial charge in [-0.25, -0.2) is 9.59 Å². The molecule has 0 saturated heterocycles. The number of carbonyl (C=O) groups is 2. The van der Waals surface area contributed by atoms with Gasteiger partial charge < -0.3 is 15.2 Å². The number of alkyl carbamates (subject to hydrolysis) is 1. The zero-order valence-corrected chi connectivity index (χ0v) is 18.8. The third kappa shape index (κ3) is 6.22. The molecule has 1 aliphatic carbocycles. The summed E-state index contributed by atoms with van der Waals surface area (Å²) in [5, 5.41) is 12.0. The van der Waals surface area contributed by atoms with Crippen LogP contribution in [0.1, 0.15) is 68.9 Å². The molecule has 0 radical (unpaired) electrons. The molecular weight excluding hydrogens is 402 g/mol. The van der Waals surface area contributed by atoms with Crippen LogP contribution in [0.3, 0.4) is 0 Å². The van der Waals surface area contributed by atoms with E-state index in [1.165, 1.54) is 19.3 Å². The van der Waals surface area contributed by atoms with Crippen molar-refractivity contribution < 1.29 is 19.4 Å². The smallest absolute Gasteiger partial charge is 0.407 e. The van der Waals surface area contributed by atoms with Crippen LogP contribution in [0.15, 0.2) is 60.7 Å². The van der Waals surface area contributed by atoms with Gasteiger partial charge in [-0.1, -0.05) is 86.9 Å². The van der Waals surface area contributed by atoms with Gasteiger partial charge in [0.25, 0.3) is 0 Å². The number of unbranched alkanes of at least 4 members (excludes halogenated alkanes) is 4. The lowest BCUT2D eigenvalue weighted by atomic mass is 9.98. The van der Waals surface area contributed by atoms with Crippen LogP contribution in [0.2, 0.25) is 0 Å². The molecule has 0 saturated carbocycles. The van der Waals surface area contributed by atoms with Gasteiger partial charge in [0.1, 0.15) is 12.6 Å². The number of fused-ring (bicyclic) bond motifs is 3. The van der Waals surface area contributed by atoms with Crippen molar-refractivity contribution in [2.75, 3.05) is 6.61 Å². The Morgan fingerprint density at radius 3 is 2.22 bits per heavy atom. The molecule has 3 rings (SSSR count). The van der Waals surface area contributed by atoms with E-state index in [1.54, 1.807) is 0 Å². The predicted octanol–water partition coefficient (Wildman–Crippen LogP) is 6.29. The molecule has 2 aromatic rings. The number of benzene rings is 2. The monoisotopic (exact) mass is 435 g/mol. The first-order valence-electron chi connectivity index (χ1n) is 11.6. The van der Waals surface area contributed by atoms with Crippen molar-refractivity contribution >= 4 is 12.1 Å². The Hall–Kier alpha value is -3.08. The topological polar surface area (TPSA) is 75.6 Å². The van der Waals surface area contributed by atoms with E-state index in [-0.39, 0.29) is 12.5 Å². The van der Waals surface area contributed by atoms with Gasteiger partial charge in [-0.15, -0.1) is 0 Å². The lowest BCUT2D eigenvalue weighted by molar-refractivity contribution is -0.139. The Balaban J connectivity index is 1.49. The molecule has 32 heavy (non-hydrogen) atoms. The highest BCUT2D eigenvalue weighted by atomic mass is 16.5. The average Bonchev–Trinajstić information content (AvgIpc) is 3.12. The number of aliphatic carboxylic acids is 1. The fourth-order valence-electron chi connectivity index (χ4n) is 4.23. The first-order valence-corrected chi connectivity index (χ1v) is 11.6. The number of ether oxygens (including phenoxy) is 1. The van der Waals surface area contributed by atoms with Crippen molar-refractivity contribution in [3.63, 3.8) is 0 Å². The van der Waals surface area contributed by atoms with Crippen molar-refractivity contribution in [1.29, 1.82) is 0 Å². The number of nitrogens with one attached hydrogen (secondary N) is 1. The highest BCUT2D eigenvalue weighted by molar-refractivity contribution is 5.81. The van der Waals surface area contributed by atoms with Gasteiger partial charge in [-0.2, -0.15) is 0 Å². The maximum Gasteiger partial charge on any atom is 0.407 e. The molecule has 0 bridgehead atoms. The van der Waals surface area contributed by atoms with Gasteiger partial charge >= 0.3 is 12.1 Å². The molecule has 1 unspecified atom stereocenters. The van der Waals surface area contributed by atoms with Crippen molar-refractivity contribution in [3.8, 4) is 11.1 Å². The fraction of sp³-hybridized carbons (Fsp3) is 0.407. The third-order valence-corrected chi connectivity index (χ3v) is 5.95. The van der Waals surface area contributed by atoms with Crippen LogP contribution in [-0.4, -0.2) is 29.8 Å². The second-order valence-electron chi connectivity index (χ2n) is 8.26. The van der Waals surface area contributed by atoms with Crippen LogP contribution in [-0.2, 0) is 9.53 Å². The first-order chi connectivity index (χ1) is 15.6. The molecule has 170 valence electrons. The minimum absolute atomic E-state index is 0.0490. The van der Waals surface area contributed by atoms with Crippen LogP contribution in [0.25, 0.3) is 11.1 Å². The molecule has 1 aliphatic rings. The molecular formula is C27H33NO4. The predicted molar refractivity (Wildman–Crippen MR) is 127 cm³/mol. The largest absolute Gasteiger partial charge is 0.480 e. The van der Waals surface area contributed by atoms with Gasteiger partial charge in [-0.3, -0.25) is 0 Å².